The van der Waals surface area contributed by atoms with E-state index in [9.17, 15) is 4.79 Å². The number of hydrogen-bond acceptors (Lipinski definition) is 2. The van der Waals surface area contributed by atoms with Crippen molar-refractivity contribution in [2.24, 2.45) is 0 Å². The Labute approximate surface area is 104 Å². The lowest BCUT2D eigenvalue weighted by Crippen LogP contribution is -2.24. The van der Waals surface area contributed by atoms with Crippen molar-refractivity contribution in [2.45, 2.75) is 45.4 Å². The van der Waals surface area contributed by atoms with E-state index in [-0.39, 0.29) is 5.91 Å². The molecule has 0 fully saturated rings. The van der Waals surface area contributed by atoms with Crippen LogP contribution in [0.2, 0.25) is 0 Å². The average molecular weight is 234 g/mol. The van der Waals surface area contributed by atoms with Gasteiger partial charge in [0.15, 0.2) is 0 Å². The van der Waals surface area contributed by atoms with Crippen molar-refractivity contribution in [3.05, 3.63) is 30.1 Å². The number of aryl methyl sites for hydroxylation is 1. The maximum absolute atomic E-state index is 11.5. The van der Waals surface area contributed by atoms with Crippen LogP contribution < -0.4 is 5.32 Å². The fraction of sp³-hybridized carbons (Fsp3) is 0.571. The van der Waals surface area contributed by atoms with E-state index in [1.165, 1.54) is 18.4 Å². The minimum Gasteiger partial charge on any atom is -0.356 e. The van der Waals surface area contributed by atoms with Crippen LogP contribution in [0.15, 0.2) is 24.5 Å². The van der Waals surface area contributed by atoms with E-state index < -0.39 is 0 Å². The summed E-state index contributed by atoms with van der Waals surface area (Å²) in [5.41, 5.74) is 1.25. The molecule has 0 aliphatic rings. The van der Waals surface area contributed by atoms with E-state index in [1.807, 2.05) is 12.1 Å². The number of nitrogens with zero attached hydrogens (tertiary/aromatic N) is 1. The predicted molar refractivity (Wildman–Crippen MR) is 69.7 cm³/mol. The van der Waals surface area contributed by atoms with Crippen molar-refractivity contribution < 1.29 is 4.79 Å². The zero-order valence-corrected chi connectivity index (χ0v) is 10.6. The number of carbonyl (C=O) groups is 1. The lowest BCUT2D eigenvalue weighted by atomic mass is 10.1. The van der Waals surface area contributed by atoms with E-state index >= 15 is 0 Å². The Morgan fingerprint density at radius 3 is 2.71 bits per heavy atom. The summed E-state index contributed by atoms with van der Waals surface area (Å²) in [6, 6.07) is 4.00. The molecule has 94 valence electrons. The third-order valence-corrected chi connectivity index (χ3v) is 2.72. The van der Waals surface area contributed by atoms with Crippen molar-refractivity contribution in [1.29, 1.82) is 0 Å². The summed E-state index contributed by atoms with van der Waals surface area (Å²) in [5.74, 6) is 0.176. The van der Waals surface area contributed by atoms with Gasteiger partial charge in [-0.2, -0.15) is 0 Å². The lowest BCUT2D eigenvalue weighted by molar-refractivity contribution is -0.121. The molecule has 0 aliphatic heterocycles. The smallest absolute Gasteiger partial charge is 0.220 e. The molecule has 3 heteroatoms. The number of rotatable bonds is 8. The summed E-state index contributed by atoms with van der Waals surface area (Å²) < 4.78 is 0. The Balaban J connectivity index is 2.04. The molecule has 1 aromatic rings. The Morgan fingerprint density at radius 1 is 1.24 bits per heavy atom. The fourth-order valence-electron chi connectivity index (χ4n) is 1.69. The molecule has 0 bridgehead atoms. The first-order chi connectivity index (χ1) is 8.33. The number of amides is 1. The van der Waals surface area contributed by atoms with E-state index in [0.717, 1.165) is 25.8 Å². The van der Waals surface area contributed by atoms with E-state index in [2.05, 4.69) is 17.2 Å². The summed E-state index contributed by atoms with van der Waals surface area (Å²) in [6.45, 7) is 2.98. The highest BCUT2D eigenvalue weighted by atomic mass is 16.1. The second-order valence-corrected chi connectivity index (χ2v) is 4.27. The Morgan fingerprint density at radius 2 is 2.00 bits per heavy atom. The second-order valence-electron chi connectivity index (χ2n) is 4.27. The number of aromatic nitrogens is 1. The minimum absolute atomic E-state index is 0.176. The SMILES string of the molecule is CCCCCNC(=O)CCCc1ccncc1. The Kier molecular flexibility index (Phi) is 7.03. The van der Waals surface area contributed by atoms with Gasteiger partial charge >= 0.3 is 0 Å². The molecule has 1 aromatic heterocycles. The molecular weight excluding hydrogens is 212 g/mol. The largest absolute Gasteiger partial charge is 0.356 e. The number of pyridine rings is 1. The van der Waals surface area contributed by atoms with Crippen molar-refractivity contribution >= 4 is 5.91 Å². The molecule has 3 nitrogen and oxygen atoms in total. The van der Waals surface area contributed by atoms with Gasteiger partial charge < -0.3 is 5.32 Å². The third-order valence-electron chi connectivity index (χ3n) is 2.72. The molecule has 0 aliphatic carbocycles. The Hall–Kier alpha value is -1.38. The first kappa shape index (κ1) is 13.7. The number of hydrogen-bond donors (Lipinski definition) is 1. The molecule has 0 spiro atoms. The molecule has 1 amide bonds. The molecule has 0 atom stereocenters. The van der Waals surface area contributed by atoms with E-state index in [4.69, 9.17) is 0 Å². The summed E-state index contributed by atoms with van der Waals surface area (Å²) in [7, 11) is 0. The molecule has 0 radical (unpaired) electrons. The molecule has 0 aromatic carbocycles. The molecule has 1 heterocycles. The summed E-state index contributed by atoms with van der Waals surface area (Å²) in [4.78, 5) is 15.4. The number of nitrogens with one attached hydrogen (secondary N) is 1. The van der Waals surface area contributed by atoms with Crippen LogP contribution >= 0.6 is 0 Å². The van der Waals surface area contributed by atoms with Crippen LogP contribution in [0.1, 0.15) is 44.6 Å². The van der Waals surface area contributed by atoms with Gasteiger partial charge in [0.2, 0.25) is 5.91 Å². The van der Waals surface area contributed by atoms with Crippen molar-refractivity contribution in [2.75, 3.05) is 6.54 Å². The van der Waals surface area contributed by atoms with Crippen LogP contribution in [0.4, 0.5) is 0 Å². The van der Waals surface area contributed by atoms with Gasteiger partial charge in [-0.1, -0.05) is 19.8 Å². The van der Waals surface area contributed by atoms with Gasteiger partial charge in [0, 0.05) is 25.4 Å². The van der Waals surface area contributed by atoms with Crippen molar-refractivity contribution in [1.82, 2.24) is 10.3 Å². The van der Waals surface area contributed by atoms with Gasteiger partial charge in [-0.05, 0) is 37.0 Å². The maximum Gasteiger partial charge on any atom is 0.220 e. The van der Waals surface area contributed by atoms with Gasteiger partial charge in [-0.3, -0.25) is 9.78 Å². The highest BCUT2D eigenvalue weighted by molar-refractivity contribution is 5.75. The van der Waals surface area contributed by atoms with Gasteiger partial charge in [-0.15, -0.1) is 0 Å². The van der Waals surface area contributed by atoms with E-state index in [0.29, 0.717) is 6.42 Å². The minimum atomic E-state index is 0.176. The van der Waals surface area contributed by atoms with Crippen molar-refractivity contribution in [3.63, 3.8) is 0 Å². The van der Waals surface area contributed by atoms with Gasteiger partial charge in [0.1, 0.15) is 0 Å². The number of carbonyl (C=O) groups excluding carboxylic acids is 1. The molecule has 0 unspecified atom stereocenters. The predicted octanol–water partition coefficient (Wildman–Crippen LogP) is 2.71. The third kappa shape index (κ3) is 6.72. The monoisotopic (exact) mass is 234 g/mol. The Bertz CT molecular complexity index is 311. The zero-order chi connectivity index (χ0) is 12.3. The zero-order valence-electron chi connectivity index (χ0n) is 10.6. The topological polar surface area (TPSA) is 42.0 Å². The lowest BCUT2D eigenvalue weighted by Gasteiger charge is -2.04. The van der Waals surface area contributed by atoms with Gasteiger partial charge in [-0.25, -0.2) is 0 Å². The van der Waals surface area contributed by atoms with Crippen LogP contribution in [0, 0.1) is 0 Å². The molecule has 17 heavy (non-hydrogen) atoms. The number of unbranched alkanes of at least 4 members (excludes halogenated alkanes) is 2. The van der Waals surface area contributed by atoms with Gasteiger partial charge in [0.05, 0.1) is 0 Å². The van der Waals surface area contributed by atoms with E-state index in [1.54, 1.807) is 12.4 Å². The maximum atomic E-state index is 11.5. The fourth-order valence-corrected chi connectivity index (χ4v) is 1.69. The van der Waals surface area contributed by atoms with Crippen LogP contribution in [0.25, 0.3) is 0 Å². The normalized spacial score (nSPS) is 10.2. The second kappa shape index (κ2) is 8.74. The highest BCUT2D eigenvalue weighted by Gasteiger charge is 2.00. The van der Waals surface area contributed by atoms with Crippen LogP contribution in [-0.4, -0.2) is 17.4 Å². The molecule has 0 saturated heterocycles. The van der Waals surface area contributed by atoms with Crippen LogP contribution in [-0.2, 0) is 11.2 Å². The van der Waals surface area contributed by atoms with Crippen LogP contribution in [0.3, 0.4) is 0 Å². The first-order valence-electron chi connectivity index (χ1n) is 6.48. The first-order valence-corrected chi connectivity index (χ1v) is 6.48. The standard InChI is InChI=1S/C14H22N2O/c1-2-3-4-10-16-14(17)7-5-6-13-8-11-15-12-9-13/h8-9,11-12H,2-7,10H2,1H3,(H,16,17). The van der Waals surface area contributed by atoms with Crippen molar-refractivity contribution in [3.8, 4) is 0 Å². The molecular formula is C14H22N2O. The summed E-state index contributed by atoms with van der Waals surface area (Å²) in [6.07, 6.45) is 9.53. The molecule has 1 N–H and O–H groups in total. The summed E-state index contributed by atoms with van der Waals surface area (Å²) >= 11 is 0. The summed E-state index contributed by atoms with van der Waals surface area (Å²) in [5, 5.41) is 2.95. The van der Waals surface area contributed by atoms with Crippen LogP contribution in [0.5, 0.6) is 0 Å². The quantitative estimate of drug-likeness (QED) is 0.703. The average Bonchev–Trinajstić information content (AvgIpc) is 2.36. The molecule has 1 rings (SSSR count). The molecule has 0 saturated carbocycles. The van der Waals surface area contributed by atoms with Gasteiger partial charge in [0.25, 0.3) is 0 Å². The highest BCUT2D eigenvalue weighted by Crippen LogP contribution is 2.03.